The molecule has 3 N–H and O–H groups in total. The first-order valence-corrected chi connectivity index (χ1v) is 7.84. The Morgan fingerprint density at radius 3 is 2.56 bits per heavy atom. The van der Waals surface area contributed by atoms with Gasteiger partial charge >= 0.3 is 0 Å². The predicted octanol–water partition coefficient (Wildman–Crippen LogP) is 4.27. The minimum Gasteiger partial charge on any atom is -0.397 e. The molecular weight excluding hydrogens is 450 g/mol. The minimum absolute atomic E-state index is 0.218. The fourth-order valence-corrected chi connectivity index (χ4v) is 3.57. The molecule has 18 heavy (non-hydrogen) atoms. The number of carbonyl (C=O) groups excluding carboxylic acids is 1. The number of aromatic nitrogens is 1. The number of amides is 1. The summed E-state index contributed by atoms with van der Waals surface area (Å²) in [6, 6.07) is 3.43. The Balaban J connectivity index is 2.21. The highest BCUT2D eigenvalue weighted by atomic mass is 79.9. The number of nitrogens with one attached hydrogen (secondary N) is 1. The summed E-state index contributed by atoms with van der Waals surface area (Å²) in [5.74, 6) is 0.221. The molecule has 0 aromatic carbocycles. The highest BCUT2D eigenvalue weighted by Crippen LogP contribution is 2.33. The number of nitrogens with zero attached hydrogens (tertiary/aromatic N) is 1. The molecule has 0 spiro atoms. The molecular formula is C10H6Br3N3OS. The van der Waals surface area contributed by atoms with E-state index in [1.165, 1.54) is 17.5 Å². The van der Waals surface area contributed by atoms with Crippen LogP contribution in [0, 0.1) is 0 Å². The zero-order chi connectivity index (χ0) is 13.3. The SMILES string of the molecule is Nc1cnc(NC(=O)c2cc(Br)c(Br)s2)c(Br)c1. The number of halogens is 3. The molecule has 0 aliphatic heterocycles. The third-order valence-corrected chi connectivity index (χ3v) is 5.82. The molecule has 0 radical (unpaired) electrons. The van der Waals surface area contributed by atoms with Gasteiger partial charge in [0.2, 0.25) is 0 Å². The third kappa shape index (κ3) is 3.11. The first-order valence-electron chi connectivity index (χ1n) is 4.64. The fraction of sp³-hybridized carbons (Fsp3) is 0. The normalized spacial score (nSPS) is 10.4. The van der Waals surface area contributed by atoms with E-state index in [1.807, 2.05) is 0 Å². The van der Waals surface area contributed by atoms with Gasteiger partial charge < -0.3 is 11.1 Å². The van der Waals surface area contributed by atoms with Gasteiger partial charge in [0.05, 0.1) is 25.0 Å². The van der Waals surface area contributed by atoms with E-state index in [1.54, 1.807) is 12.1 Å². The molecule has 0 aliphatic carbocycles. The van der Waals surface area contributed by atoms with Crippen LogP contribution in [0.3, 0.4) is 0 Å². The Morgan fingerprint density at radius 2 is 2.00 bits per heavy atom. The summed E-state index contributed by atoms with van der Waals surface area (Å²) in [7, 11) is 0. The number of nitrogen functional groups attached to an aromatic ring is 1. The zero-order valence-corrected chi connectivity index (χ0v) is 14.3. The van der Waals surface area contributed by atoms with Gasteiger partial charge in [-0.1, -0.05) is 0 Å². The fourth-order valence-electron chi connectivity index (χ4n) is 1.17. The van der Waals surface area contributed by atoms with Gasteiger partial charge in [0.1, 0.15) is 5.82 Å². The third-order valence-electron chi connectivity index (χ3n) is 1.96. The Morgan fingerprint density at radius 1 is 1.28 bits per heavy atom. The van der Waals surface area contributed by atoms with E-state index in [-0.39, 0.29) is 5.91 Å². The molecule has 0 fully saturated rings. The molecule has 0 aliphatic rings. The van der Waals surface area contributed by atoms with E-state index in [0.29, 0.717) is 20.9 Å². The van der Waals surface area contributed by atoms with E-state index < -0.39 is 0 Å². The van der Waals surface area contributed by atoms with Crippen molar-refractivity contribution >= 4 is 76.5 Å². The summed E-state index contributed by atoms with van der Waals surface area (Å²) < 4.78 is 2.37. The van der Waals surface area contributed by atoms with E-state index in [0.717, 1.165) is 8.26 Å². The first-order chi connectivity index (χ1) is 8.47. The maximum atomic E-state index is 12.0. The molecule has 2 rings (SSSR count). The highest BCUT2D eigenvalue weighted by molar-refractivity contribution is 9.13. The first kappa shape index (κ1) is 14.0. The molecule has 4 nitrogen and oxygen atoms in total. The lowest BCUT2D eigenvalue weighted by Crippen LogP contribution is -2.12. The molecule has 0 saturated carbocycles. The molecule has 0 unspecified atom stereocenters. The van der Waals surface area contributed by atoms with Gasteiger partial charge in [-0.15, -0.1) is 11.3 Å². The van der Waals surface area contributed by atoms with E-state index >= 15 is 0 Å². The van der Waals surface area contributed by atoms with Crippen LogP contribution in [-0.2, 0) is 0 Å². The van der Waals surface area contributed by atoms with Crippen LogP contribution in [0.15, 0.2) is 31.1 Å². The van der Waals surface area contributed by atoms with Gasteiger partial charge in [0, 0.05) is 4.47 Å². The van der Waals surface area contributed by atoms with Crippen LogP contribution in [0.25, 0.3) is 0 Å². The smallest absolute Gasteiger partial charge is 0.266 e. The van der Waals surface area contributed by atoms with Crippen molar-refractivity contribution in [1.29, 1.82) is 0 Å². The van der Waals surface area contributed by atoms with Crippen LogP contribution in [0.5, 0.6) is 0 Å². The number of thiophene rings is 1. The van der Waals surface area contributed by atoms with Gasteiger partial charge in [-0.05, 0) is 59.9 Å². The quantitative estimate of drug-likeness (QED) is 0.710. The monoisotopic (exact) mass is 453 g/mol. The number of pyridine rings is 1. The van der Waals surface area contributed by atoms with Gasteiger partial charge in [-0.25, -0.2) is 4.98 Å². The lowest BCUT2D eigenvalue weighted by molar-refractivity contribution is 0.103. The average molecular weight is 456 g/mol. The maximum Gasteiger partial charge on any atom is 0.266 e. The van der Waals surface area contributed by atoms with Crippen LogP contribution in [-0.4, -0.2) is 10.9 Å². The van der Waals surface area contributed by atoms with Crippen LogP contribution < -0.4 is 11.1 Å². The summed E-state index contributed by atoms with van der Waals surface area (Å²) in [4.78, 5) is 16.6. The Labute approximate surface area is 132 Å². The molecule has 94 valence electrons. The highest BCUT2D eigenvalue weighted by Gasteiger charge is 2.14. The van der Waals surface area contributed by atoms with Crippen molar-refractivity contribution in [3.05, 3.63) is 35.9 Å². The van der Waals surface area contributed by atoms with Crippen LogP contribution in [0.1, 0.15) is 9.67 Å². The van der Waals surface area contributed by atoms with Crippen molar-refractivity contribution in [2.45, 2.75) is 0 Å². The van der Waals surface area contributed by atoms with E-state index in [2.05, 4.69) is 58.1 Å². The van der Waals surface area contributed by atoms with Crippen LogP contribution >= 0.6 is 59.1 Å². The second-order valence-corrected chi connectivity index (χ2v) is 7.36. The maximum absolute atomic E-state index is 12.0. The van der Waals surface area contributed by atoms with Crippen LogP contribution in [0.2, 0.25) is 0 Å². The number of nitrogens with two attached hydrogens (primary N) is 1. The second-order valence-electron chi connectivity index (χ2n) is 3.29. The average Bonchev–Trinajstić information content (AvgIpc) is 2.63. The summed E-state index contributed by atoms with van der Waals surface area (Å²) in [6.45, 7) is 0. The van der Waals surface area contributed by atoms with Crippen molar-refractivity contribution in [2.24, 2.45) is 0 Å². The summed E-state index contributed by atoms with van der Waals surface area (Å²) in [6.07, 6.45) is 1.49. The largest absolute Gasteiger partial charge is 0.397 e. The van der Waals surface area contributed by atoms with Crippen molar-refractivity contribution in [3.8, 4) is 0 Å². The number of hydrogen-bond acceptors (Lipinski definition) is 4. The number of hydrogen-bond donors (Lipinski definition) is 2. The summed E-state index contributed by atoms with van der Waals surface area (Å²) in [5, 5.41) is 2.71. The van der Waals surface area contributed by atoms with Crippen LogP contribution in [0.4, 0.5) is 11.5 Å². The van der Waals surface area contributed by atoms with Crippen molar-refractivity contribution < 1.29 is 4.79 Å². The number of rotatable bonds is 2. The topological polar surface area (TPSA) is 68.0 Å². The summed E-state index contributed by atoms with van der Waals surface area (Å²) >= 11 is 11.3. The molecule has 2 aromatic heterocycles. The lowest BCUT2D eigenvalue weighted by atomic mass is 10.4. The Bertz CT molecular complexity index is 595. The molecule has 2 aromatic rings. The van der Waals surface area contributed by atoms with E-state index in [9.17, 15) is 4.79 Å². The molecule has 1 amide bonds. The van der Waals surface area contributed by atoms with Crippen molar-refractivity contribution in [3.63, 3.8) is 0 Å². The van der Waals surface area contributed by atoms with Gasteiger partial charge in [0.25, 0.3) is 5.91 Å². The molecule has 0 atom stereocenters. The van der Waals surface area contributed by atoms with Gasteiger partial charge in [0.15, 0.2) is 0 Å². The predicted molar refractivity (Wildman–Crippen MR) is 84.0 cm³/mol. The lowest BCUT2D eigenvalue weighted by Gasteiger charge is -2.05. The molecule has 0 bridgehead atoms. The minimum atomic E-state index is -0.218. The number of carbonyl (C=O) groups is 1. The molecule has 2 heterocycles. The Hall–Kier alpha value is -0.440. The number of anilines is 2. The van der Waals surface area contributed by atoms with Crippen molar-refractivity contribution in [2.75, 3.05) is 11.1 Å². The van der Waals surface area contributed by atoms with E-state index in [4.69, 9.17) is 5.73 Å². The molecule has 0 saturated heterocycles. The van der Waals surface area contributed by atoms with Gasteiger partial charge in [-0.3, -0.25) is 4.79 Å². The van der Waals surface area contributed by atoms with Crippen molar-refractivity contribution in [1.82, 2.24) is 4.98 Å². The van der Waals surface area contributed by atoms with Gasteiger partial charge in [-0.2, -0.15) is 0 Å². The zero-order valence-electron chi connectivity index (χ0n) is 8.71. The summed E-state index contributed by atoms with van der Waals surface area (Å²) in [5.41, 5.74) is 6.11. The molecule has 8 heteroatoms. The second kappa shape index (κ2) is 5.68. The Kier molecular flexibility index (Phi) is 4.41. The standard InChI is InChI=1S/C10H6Br3N3OS/c11-5-2-7(18-8(5)13)10(17)16-9-6(12)1-4(14)3-15-9/h1-3H,14H2,(H,15,16,17).